The Balaban J connectivity index is 1.96. The van der Waals surface area contributed by atoms with Crippen LogP contribution in [0.4, 0.5) is 5.69 Å². The number of benzene rings is 1. The van der Waals surface area contributed by atoms with Crippen LogP contribution in [0.15, 0.2) is 53.9 Å². The summed E-state index contributed by atoms with van der Waals surface area (Å²) in [5, 5.41) is 0.719. The Morgan fingerprint density at radius 3 is 2.36 bits per heavy atom. The summed E-state index contributed by atoms with van der Waals surface area (Å²) < 4.78 is 3.15. The van der Waals surface area contributed by atoms with Gasteiger partial charge in [-0.05, 0) is 18.2 Å². The summed E-state index contributed by atoms with van der Waals surface area (Å²) >= 11 is 1.40. The fraction of sp³-hybridized carbons (Fsp3) is 0. The van der Waals surface area contributed by atoms with Crippen LogP contribution in [0.2, 0.25) is 0 Å². The average Bonchev–Trinajstić information content (AvgIpc) is 2.29. The Kier molecular flexibility index (Phi) is 2.98. The van der Waals surface area contributed by atoms with Crippen molar-refractivity contribution < 1.29 is 0 Å². The second kappa shape index (κ2) is 4.62. The number of hydrogen-bond donors (Lipinski definition) is 1. The molecule has 0 saturated heterocycles. The maximum atomic E-state index is 4.08. The summed E-state index contributed by atoms with van der Waals surface area (Å²) in [6.07, 6.45) is 3.45. The van der Waals surface area contributed by atoms with E-state index in [1.807, 2.05) is 30.3 Å². The summed E-state index contributed by atoms with van der Waals surface area (Å²) in [6, 6.07) is 11.7. The molecule has 3 nitrogen and oxygen atoms in total. The highest BCUT2D eigenvalue weighted by Gasteiger charge is 1.94. The van der Waals surface area contributed by atoms with Gasteiger partial charge in [-0.25, -0.2) is 9.97 Å². The van der Waals surface area contributed by atoms with Crippen LogP contribution in [0.1, 0.15) is 0 Å². The van der Waals surface area contributed by atoms with Crippen molar-refractivity contribution in [2.24, 2.45) is 0 Å². The van der Waals surface area contributed by atoms with Gasteiger partial charge >= 0.3 is 0 Å². The first-order valence-electron chi connectivity index (χ1n) is 4.20. The highest BCUT2D eigenvalue weighted by Crippen LogP contribution is 2.15. The summed E-state index contributed by atoms with van der Waals surface area (Å²) in [4.78, 5) is 8.17. The van der Waals surface area contributed by atoms with Crippen LogP contribution in [0.3, 0.4) is 0 Å². The zero-order valence-corrected chi connectivity index (χ0v) is 8.24. The van der Waals surface area contributed by atoms with Crippen molar-refractivity contribution in [1.29, 1.82) is 0 Å². The quantitative estimate of drug-likeness (QED) is 0.614. The van der Waals surface area contributed by atoms with Gasteiger partial charge in [0.15, 0.2) is 0 Å². The normalized spacial score (nSPS) is 9.71. The topological polar surface area (TPSA) is 37.8 Å². The van der Waals surface area contributed by atoms with Crippen molar-refractivity contribution in [3.8, 4) is 0 Å². The molecule has 0 amide bonds. The summed E-state index contributed by atoms with van der Waals surface area (Å²) in [7, 11) is 0. The summed E-state index contributed by atoms with van der Waals surface area (Å²) in [5.41, 5.74) is 1.05. The third kappa shape index (κ3) is 2.47. The summed E-state index contributed by atoms with van der Waals surface area (Å²) in [6.45, 7) is 0. The van der Waals surface area contributed by atoms with Gasteiger partial charge in [0.25, 0.3) is 0 Å². The van der Waals surface area contributed by atoms with Crippen molar-refractivity contribution in [2.75, 3.05) is 4.72 Å². The van der Waals surface area contributed by atoms with Crippen LogP contribution in [-0.4, -0.2) is 9.97 Å². The third-order valence-corrected chi connectivity index (χ3v) is 2.31. The molecule has 1 aromatic carbocycles. The molecule has 2 aromatic rings. The molecule has 0 unspecified atom stereocenters. The van der Waals surface area contributed by atoms with Gasteiger partial charge in [-0.1, -0.05) is 18.2 Å². The fourth-order valence-corrected chi connectivity index (χ4v) is 1.52. The zero-order chi connectivity index (χ0) is 9.64. The Morgan fingerprint density at radius 2 is 1.64 bits per heavy atom. The SMILES string of the molecule is c1ccc(NSc2ncccn2)cc1. The van der Waals surface area contributed by atoms with Gasteiger partial charge in [0, 0.05) is 30.0 Å². The predicted molar refractivity (Wildman–Crippen MR) is 58.0 cm³/mol. The van der Waals surface area contributed by atoms with E-state index in [2.05, 4.69) is 14.7 Å². The molecule has 0 bridgehead atoms. The second-order valence-electron chi connectivity index (χ2n) is 2.60. The van der Waals surface area contributed by atoms with E-state index in [0.717, 1.165) is 10.8 Å². The third-order valence-electron chi connectivity index (χ3n) is 1.58. The Morgan fingerprint density at radius 1 is 0.929 bits per heavy atom. The standard InChI is InChI=1S/C10H9N3S/c1-2-5-9(6-3-1)13-14-10-11-7-4-8-12-10/h1-8,13H. The molecular weight excluding hydrogens is 194 g/mol. The van der Waals surface area contributed by atoms with Gasteiger partial charge < -0.3 is 4.72 Å². The molecule has 0 radical (unpaired) electrons. The Bertz CT molecular complexity index is 338. The first kappa shape index (κ1) is 9.02. The van der Waals surface area contributed by atoms with Crippen molar-refractivity contribution in [3.05, 3.63) is 48.8 Å². The van der Waals surface area contributed by atoms with Crippen molar-refractivity contribution in [2.45, 2.75) is 5.16 Å². The molecule has 0 aliphatic rings. The molecule has 4 heteroatoms. The lowest BCUT2D eigenvalue weighted by Crippen LogP contribution is -1.89. The Labute approximate surface area is 86.7 Å². The van der Waals surface area contributed by atoms with E-state index in [0.29, 0.717) is 0 Å². The average molecular weight is 203 g/mol. The smallest absolute Gasteiger partial charge is 0.208 e. The zero-order valence-electron chi connectivity index (χ0n) is 7.42. The minimum Gasteiger partial charge on any atom is -0.323 e. The van der Waals surface area contributed by atoms with Gasteiger partial charge in [-0.2, -0.15) is 0 Å². The molecule has 0 spiro atoms. The van der Waals surface area contributed by atoms with E-state index in [4.69, 9.17) is 0 Å². The Hall–Kier alpha value is -1.55. The van der Waals surface area contributed by atoms with Gasteiger partial charge in [-0.15, -0.1) is 0 Å². The molecule has 0 aliphatic carbocycles. The van der Waals surface area contributed by atoms with Crippen molar-refractivity contribution in [3.63, 3.8) is 0 Å². The first-order chi connectivity index (χ1) is 6.95. The number of nitrogens with one attached hydrogen (secondary N) is 1. The predicted octanol–water partition coefficient (Wildman–Crippen LogP) is 2.60. The van der Waals surface area contributed by atoms with Crippen LogP contribution in [0, 0.1) is 0 Å². The maximum Gasteiger partial charge on any atom is 0.208 e. The molecule has 14 heavy (non-hydrogen) atoms. The van der Waals surface area contributed by atoms with Crippen LogP contribution < -0.4 is 4.72 Å². The number of aromatic nitrogens is 2. The highest BCUT2D eigenvalue weighted by molar-refractivity contribution is 8.00. The molecule has 1 heterocycles. The van der Waals surface area contributed by atoms with E-state index in [1.54, 1.807) is 18.5 Å². The minimum atomic E-state index is 0.719. The monoisotopic (exact) mass is 203 g/mol. The molecule has 0 fully saturated rings. The molecule has 0 atom stereocenters. The van der Waals surface area contributed by atoms with Crippen LogP contribution >= 0.6 is 11.9 Å². The van der Waals surface area contributed by atoms with E-state index in [1.165, 1.54) is 11.9 Å². The largest absolute Gasteiger partial charge is 0.323 e. The van der Waals surface area contributed by atoms with Gasteiger partial charge in [0.2, 0.25) is 5.16 Å². The molecular formula is C10H9N3S. The van der Waals surface area contributed by atoms with E-state index in [9.17, 15) is 0 Å². The van der Waals surface area contributed by atoms with Crippen LogP contribution in [-0.2, 0) is 0 Å². The van der Waals surface area contributed by atoms with Gasteiger partial charge in [-0.3, -0.25) is 0 Å². The molecule has 1 N–H and O–H groups in total. The number of anilines is 1. The highest BCUT2D eigenvalue weighted by atomic mass is 32.2. The molecule has 0 saturated carbocycles. The van der Waals surface area contributed by atoms with Crippen LogP contribution in [0.5, 0.6) is 0 Å². The number of para-hydroxylation sites is 1. The molecule has 1 aromatic heterocycles. The van der Waals surface area contributed by atoms with E-state index < -0.39 is 0 Å². The van der Waals surface area contributed by atoms with E-state index in [-0.39, 0.29) is 0 Å². The second-order valence-corrected chi connectivity index (χ2v) is 3.37. The van der Waals surface area contributed by atoms with Crippen molar-refractivity contribution in [1.82, 2.24) is 9.97 Å². The number of rotatable bonds is 3. The van der Waals surface area contributed by atoms with Crippen molar-refractivity contribution >= 4 is 17.6 Å². The lowest BCUT2D eigenvalue weighted by atomic mass is 10.3. The molecule has 70 valence electrons. The molecule has 2 rings (SSSR count). The fourth-order valence-electron chi connectivity index (χ4n) is 0.949. The summed E-state index contributed by atoms with van der Waals surface area (Å²) in [5.74, 6) is 0. The van der Waals surface area contributed by atoms with E-state index >= 15 is 0 Å². The van der Waals surface area contributed by atoms with Gasteiger partial charge in [0.1, 0.15) is 0 Å². The first-order valence-corrected chi connectivity index (χ1v) is 5.02. The maximum absolute atomic E-state index is 4.08. The van der Waals surface area contributed by atoms with Gasteiger partial charge in [0.05, 0.1) is 0 Å². The number of nitrogens with zero attached hydrogens (tertiary/aromatic N) is 2. The lowest BCUT2D eigenvalue weighted by molar-refractivity contribution is 0.970. The minimum absolute atomic E-state index is 0.719. The lowest BCUT2D eigenvalue weighted by Gasteiger charge is -2.02. The number of hydrogen-bond acceptors (Lipinski definition) is 4. The van der Waals surface area contributed by atoms with Crippen LogP contribution in [0.25, 0.3) is 0 Å². The molecule has 0 aliphatic heterocycles.